The number of hydrogen-bond acceptors (Lipinski definition) is 2. The zero-order valence-electron chi connectivity index (χ0n) is 20.2. The predicted molar refractivity (Wildman–Crippen MR) is 131 cm³/mol. The lowest BCUT2D eigenvalue weighted by molar-refractivity contribution is -0.125. The average molecular weight is 414 g/mol. The molecule has 1 fully saturated rings. The molecule has 1 aromatic rings. The molecule has 30 heavy (non-hydrogen) atoms. The Kier molecular flexibility index (Phi) is 14.6. The number of allylic oxidation sites excluding steroid dienone is 5. The molecule has 1 aromatic carbocycles. The summed E-state index contributed by atoms with van der Waals surface area (Å²) in [6.07, 6.45) is 14.7. The van der Waals surface area contributed by atoms with Crippen LogP contribution in [0.25, 0.3) is 0 Å². The molecule has 1 unspecified atom stereocenters. The van der Waals surface area contributed by atoms with Crippen molar-refractivity contribution in [3.8, 4) is 0 Å². The SMILES string of the molecule is C/C=C/C=C\C=C\NC(=O)CC1(c2ccccc2)CCOC(C)(C)C1.CC.CCC. The summed E-state index contributed by atoms with van der Waals surface area (Å²) in [5.41, 5.74) is 0.819. The van der Waals surface area contributed by atoms with Crippen LogP contribution in [0.15, 0.2) is 66.9 Å². The summed E-state index contributed by atoms with van der Waals surface area (Å²) in [5.74, 6) is 0.0391. The van der Waals surface area contributed by atoms with Crippen LogP contribution in [0.3, 0.4) is 0 Å². The minimum atomic E-state index is -0.223. The van der Waals surface area contributed by atoms with Gasteiger partial charge >= 0.3 is 0 Å². The van der Waals surface area contributed by atoms with Gasteiger partial charge in [-0.2, -0.15) is 0 Å². The molecule has 3 nitrogen and oxygen atoms in total. The third-order valence-electron chi connectivity index (χ3n) is 4.59. The van der Waals surface area contributed by atoms with E-state index >= 15 is 0 Å². The van der Waals surface area contributed by atoms with Crippen molar-refractivity contribution in [1.29, 1.82) is 0 Å². The molecule has 0 aromatic heterocycles. The van der Waals surface area contributed by atoms with Crippen molar-refractivity contribution < 1.29 is 9.53 Å². The normalized spacial score (nSPS) is 20.4. The van der Waals surface area contributed by atoms with Crippen molar-refractivity contribution in [3.63, 3.8) is 0 Å². The molecule has 1 N–H and O–H groups in total. The largest absolute Gasteiger partial charge is 0.376 e. The monoisotopic (exact) mass is 413 g/mol. The van der Waals surface area contributed by atoms with Gasteiger partial charge in [0.25, 0.3) is 0 Å². The van der Waals surface area contributed by atoms with Gasteiger partial charge in [0.15, 0.2) is 0 Å². The Balaban J connectivity index is 0.00000154. The molecule has 2 rings (SSSR count). The fourth-order valence-corrected chi connectivity index (χ4v) is 3.56. The zero-order chi connectivity index (χ0) is 22.9. The van der Waals surface area contributed by atoms with Gasteiger partial charge < -0.3 is 10.1 Å². The Hall–Kier alpha value is -2.13. The third-order valence-corrected chi connectivity index (χ3v) is 4.59. The summed E-state index contributed by atoms with van der Waals surface area (Å²) in [4.78, 5) is 12.5. The molecule has 0 spiro atoms. The summed E-state index contributed by atoms with van der Waals surface area (Å²) in [7, 11) is 0. The highest BCUT2D eigenvalue weighted by Crippen LogP contribution is 2.43. The minimum Gasteiger partial charge on any atom is -0.376 e. The highest BCUT2D eigenvalue weighted by molar-refractivity contribution is 5.78. The van der Waals surface area contributed by atoms with Crippen LogP contribution in [0.2, 0.25) is 0 Å². The first kappa shape index (κ1) is 27.9. The Morgan fingerprint density at radius 3 is 2.23 bits per heavy atom. The Bertz CT molecular complexity index is 659. The van der Waals surface area contributed by atoms with Gasteiger partial charge in [0.1, 0.15) is 0 Å². The van der Waals surface area contributed by atoms with E-state index in [-0.39, 0.29) is 16.9 Å². The smallest absolute Gasteiger partial charge is 0.224 e. The number of carbonyl (C=O) groups is 1. The first-order valence-electron chi connectivity index (χ1n) is 11.3. The number of ether oxygens (including phenoxy) is 1. The molecule has 1 amide bonds. The molecule has 3 heteroatoms. The number of carbonyl (C=O) groups excluding carboxylic acids is 1. The zero-order valence-corrected chi connectivity index (χ0v) is 20.2. The van der Waals surface area contributed by atoms with Gasteiger partial charge in [-0.3, -0.25) is 4.79 Å². The standard InChI is InChI=1S/C22H29NO2.C3H8.C2H6/c1-4-5-6-7-11-15-23-20(24)17-22(19-12-9-8-10-13-19)14-16-25-21(2,3)18-22;1-3-2;1-2/h4-13,15H,14,16-18H2,1-3H3,(H,23,24);3H2,1-2H3;1-2H3/b5-4+,7-6-,15-11+;;. The van der Waals surface area contributed by atoms with Crippen LogP contribution >= 0.6 is 0 Å². The Morgan fingerprint density at radius 1 is 1.07 bits per heavy atom. The lowest BCUT2D eigenvalue weighted by Crippen LogP contribution is -2.46. The van der Waals surface area contributed by atoms with E-state index in [2.05, 4.69) is 45.1 Å². The molecule has 1 aliphatic heterocycles. The summed E-state index contributed by atoms with van der Waals surface area (Å²) < 4.78 is 5.90. The lowest BCUT2D eigenvalue weighted by atomic mass is 9.67. The van der Waals surface area contributed by atoms with Crippen molar-refractivity contribution in [2.45, 2.75) is 85.2 Å². The van der Waals surface area contributed by atoms with Crippen molar-refractivity contribution in [1.82, 2.24) is 5.32 Å². The second-order valence-corrected chi connectivity index (χ2v) is 7.90. The summed E-state index contributed by atoms with van der Waals surface area (Å²) in [5, 5.41) is 2.89. The summed E-state index contributed by atoms with van der Waals surface area (Å²) >= 11 is 0. The number of rotatable bonds is 6. The van der Waals surface area contributed by atoms with E-state index in [1.165, 1.54) is 12.0 Å². The van der Waals surface area contributed by atoms with E-state index in [1.54, 1.807) is 6.20 Å². The van der Waals surface area contributed by atoms with E-state index in [0.717, 1.165) is 12.8 Å². The van der Waals surface area contributed by atoms with Crippen LogP contribution in [0.4, 0.5) is 0 Å². The number of benzene rings is 1. The van der Waals surface area contributed by atoms with Gasteiger partial charge in [-0.05, 0) is 45.3 Å². The van der Waals surface area contributed by atoms with Crippen LogP contribution in [0, 0.1) is 0 Å². The molecule has 1 atom stereocenters. The molecular formula is C27H43NO2. The Labute approximate surface area is 185 Å². The van der Waals surface area contributed by atoms with Crippen molar-refractivity contribution in [2.75, 3.05) is 6.61 Å². The maximum absolute atomic E-state index is 12.5. The lowest BCUT2D eigenvalue weighted by Gasteiger charge is -2.45. The molecule has 168 valence electrons. The maximum Gasteiger partial charge on any atom is 0.224 e. The topological polar surface area (TPSA) is 38.3 Å². The van der Waals surface area contributed by atoms with Gasteiger partial charge in [-0.1, -0.05) is 88.8 Å². The van der Waals surface area contributed by atoms with Crippen LogP contribution in [0.1, 0.15) is 79.7 Å². The number of amides is 1. The van der Waals surface area contributed by atoms with Gasteiger partial charge in [-0.15, -0.1) is 0 Å². The van der Waals surface area contributed by atoms with E-state index < -0.39 is 0 Å². The molecule has 0 saturated carbocycles. The quantitative estimate of drug-likeness (QED) is 0.505. The first-order chi connectivity index (χ1) is 14.4. The molecule has 1 saturated heterocycles. The second-order valence-electron chi connectivity index (χ2n) is 7.90. The van der Waals surface area contributed by atoms with Crippen molar-refractivity contribution in [2.24, 2.45) is 0 Å². The van der Waals surface area contributed by atoms with Crippen LogP contribution < -0.4 is 5.32 Å². The molecule has 1 heterocycles. The van der Waals surface area contributed by atoms with Gasteiger partial charge in [0.2, 0.25) is 5.91 Å². The van der Waals surface area contributed by atoms with Gasteiger partial charge in [0.05, 0.1) is 5.60 Å². The third kappa shape index (κ3) is 10.6. The first-order valence-corrected chi connectivity index (χ1v) is 11.3. The van der Waals surface area contributed by atoms with Gasteiger partial charge in [-0.25, -0.2) is 0 Å². The molecule has 0 radical (unpaired) electrons. The fourth-order valence-electron chi connectivity index (χ4n) is 3.56. The van der Waals surface area contributed by atoms with Crippen LogP contribution in [-0.2, 0) is 14.9 Å². The highest BCUT2D eigenvalue weighted by atomic mass is 16.5. The van der Waals surface area contributed by atoms with Gasteiger partial charge in [0, 0.05) is 24.6 Å². The second kappa shape index (κ2) is 15.7. The highest BCUT2D eigenvalue weighted by Gasteiger charge is 2.43. The Morgan fingerprint density at radius 2 is 1.67 bits per heavy atom. The summed E-state index contributed by atoms with van der Waals surface area (Å²) in [6.45, 7) is 15.1. The molecular weight excluding hydrogens is 370 g/mol. The molecule has 0 bridgehead atoms. The van der Waals surface area contributed by atoms with Crippen LogP contribution in [0.5, 0.6) is 0 Å². The number of hydrogen-bond donors (Lipinski definition) is 1. The van der Waals surface area contributed by atoms with Crippen molar-refractivity contribution in [3.05, 3.63) is 72.5 Å². The van der Waals surface area contributed by atoms with E-state index in [1.807, 2.05) is 69.4 Å². The molecule has 0 aliphatic carbocycles. The predicted octanol–water partition coefficient (Wildman–Crippen LogP) is 7.11. The maximum atomic E-state index is 12.5. The molecule has 1 aliphatic rings. The average Bonchev–Trinajstić information content (AvgIpc) is 2.72. The van der Waals surface area contributed by atoms with Crippen molar-refractivity contribution >= 4 is 5.91 Å². The fraction of sp³-hybridized carbons (Fsp3) is 0.519. The van der Waals surface area contributed by atoms with E-state index in [0.29, 0.717) is 13.0 Å². The minimum absolute atomic E-state index is 0.0391. The number of nitrogens with one attached hydrogen (secondary N) is 1. The van der Waals surface area contributed by atoms with E-state index in [4.69, 9.17) is 4.74 Å². The summed E-state index contributed by atoms with van der Waals surface area (Å²) in [6, 6.07) is 10.4. The van der Waals surface area contributed by atoms with E-state index in [9.17, 15) is 4.79 Å². The van der Waals surface area contributed by atoms with Crippen LogP contribution in [-0.4, -0.2) is 18.1 Å².